The summed E-state index contributed by atoms with van der Waals surface area (Å²) in [7, 11) is 0. The molecule has 0 fully saturated rings. The molecule has 184 valence electrons. The Labute approximate surface area is 205 Å². The van der Waals surface area contributed by atoms with E-state index in [4.69, 9.17) is 16.3 Å². The molecule has 0 saturated heterocycles. The molecule has 1 heterocycles. The summed E-state index contributed by atoms with van der Waals surface area (Å²) < 4.78 is 44.9. The van der Waals surface area contributed by atoms with Crippen molar-refractivity contribution in [3.8, 4) is 11.3 Å². The summed E-state index contributed by atoms with van der Waals surface area (Å²) in [5, 5.41) is 5.22. The lowest BCUT2D eigenvalue weighted by Crippen LogP contribution is -2.27. The van der Waals surface area contributed by atoms with Gasteiger partial charge in [0.25, 0.3) is 5.91 Å². The number of carbonyl (C=O) groups excluding carboxylic acids is 2. The molecule has 2 amide bonds. The van der Waals surface area contributed by atoms with E-state index in [0.29, 0.717) is 11.3 Å². The molecule has 3 aromatic rings. The molecular weight excluding hydrogens is 483 g/mol. The fraction of sp³-hybridized carbons (Fsp3) is 0.240. The standard InChI is InChI=1S/C25H23ClF3N3O3/c1-14-5-8-17(13-19(14)25(27,28)29)30-22(33)18-11-12-20(26)32-21(18)15-6-9-16(10-7-15)31-23(34)35-24(2,3)4/h5-13H,1-4H3,(H,30,33)(H,31,34). The Balaban J connectivity index is 1.86. The van der Waals surface area contributed by atoms with Crippen LogP contribution in [0, 0.1) is 6.92 Å². The fourth-order valence-corrected chi connectivity index (χ4v) is 3.32. The molecule has 35 heavy (non-hydrogen) atoms. The molecule has 0 unspecified atom stereocenters. The van der Waals surface area contributed by atoms with Crippen molar-refractivity contribution in [3.63, 3.8) is 0 Å². The van der Waals surface area contributed by atoms with Gasteiger partial charge in [0.15, 0.2) is 0 Å². The van der Waals surface area contributed by atoms with Crippen LogP contribution in [0.15, 0.2) is 54.6 Å². The van der Waals surface area contributed by atoms with Crippen LogP contribution in [0.5, 0.6) is 0 Å². The van der Waals surface area contributed by atoms with E-state index in [-0.39, 0.29) is 27.7 Å². The van der Waals surface area contributed by atoms with Gasteiger partial charge >= 0.3 is 12.3 Å². The van der Waals surface area contributed by atoms with Gasteiger partial charge in [-0.25, -0.2) is 9.78 Å². The number of pyridine rings is 1. The number of hydrogen-bond acceptors (Lipinski definition) is 4. The maximum absolute atomic E-state index is 13.2. The first-order chi connectivity index (χ1) is 16.2. The van der Waals surface area contributed by atoms with E-state index in [1.54, 1.807) is 45.0 Å². The second-order valence-electron chi connectivity index (χ2n) is 8.72. The first kappa shape index (κ1) is 26.0. The van der Waals surface area contributed by atoms with Crippen LogP contribution in [0.4, 0.5) is 29.3 Å². The minimum Gasteiger partial charge on any atom is -0.444 e. The quantitative estimate of drug-likeness (QED) is 0.364. The molecule has 0 bridgehead atoms. The average molecular weight is 506 g/mol. The number of nitrogens with zero attached hydrogens (tertiary/aromatic N) is 1. The van der Waals surface area contributed by atoms with Crippen LogP contribution in [0.3, 0.4) is 0 Å². The van der Waals surface area contributed by atoms with Gasteiger partial charge in [-0.05, 0) is 69.7 Å². The SMILES string of the molecule is Cc1ccc(NC(=O)c2ccc(Cl)nc2-c2ccc(NC(=O)OC(C)(C)C)cc2)cc1C(F)(F)F. The van der Waals surface area contributed by atoms with Gasteiger partial charge in [0, 0.05) is 16.9 Å². The van der Waals surface area contributed by atoms with Crippen molar-refractivity contribution >= 4 is 35.0 Å². The molecule has 0 saturated carbocycles. The number of halogens is 4. The van der Waals surface area contributed by atoms with Gasteiger partial charge in [0.2, 0.25) is 0 Å². The zero-order chi connectivity index (χ0) is 26.0. The number of hydrogen-bond donors (Lipinski definition) is 2. The highest BCUT2D eigenvalue weighted by Crippen LogP contribution is 2.34. The van der Waals surface area contributed by atoms with Gasteiger partial charge in [0.1, 0.15) is 10.8 Å². The van der Waals surface area contributed by atoms with E-state index >= 15 is 0 Å². The van der Waals surface area contributed by atoms with Crippen LogP contribution >= 0.6 is 11.6 Å². The Bertz CT molecular complexity index is 1250. The van der Waals surface area contributed by atoms with Crippen LogP contribution < -0.4 is 10.6 Å². The van der Waals surface area contributed by atoms with Crippen molar-refractivity contribution in [1.29, 1.82) is 0 Å². The summed E-state index contributed by atoms with van der Waals surface area (Å²) in [6, 6.07) is 12.8. The largest absolute Gasteiger partial charge is 0.444 e. The molecule has 2 aromatic carbocycles. The lowest BCUT2D eigenvalue weighted by Gasteiger charge is -2.19. The Hall–Kier alpha value is -3.59. The van der Waals surface area contributed by atoms with Crippen molar-refractivity contribution in [1.82, 2.24) is 4.98 Å². The number of aryl methyl sites for hydroxylation is 1. The van der Waals surface area contributed by atoms with Gasteiger partial charge in [-0.3, -0.25) is 10.1 Å². The second-order valence-corrected chi connectivity index (χ2v) is 9.10. The first-order valence-electron chi connectivity index (χ1n) is 10.5. The molecule has 10 heteroatoms. The highest BCUT2D eigenvalue weighted by atomic mass is 35.5. The zero-order valence-electron chi connectivity index (χ0n) is 19.4. The summed E-state index contributed by atoms with van der Waals surface area (Å²) in [5.74, 6) is -0.655. The molecular formula is C25H23ClF3N3O3. The van der Waals surface area contributed by atoms with Crippen molar-refractivity contribution < 1.29 is 27.5 Å². The van der Waals surface area contributed by atoms with Crippen LogP contribution in [0.2, 0.25) is 5.15 Å². The maximum Gasteiger partial charge on any atom is 0.416 e. The van der Waals surface area contributed by atoms with E-state index in [0.717, 1.165) is 6.07 Å². The van der Waals surface area contributed by atoms with Gasteiger partial charge in [0.05, 0.1) is 16.8 Å². The number of amides is 2. The summed E-state index contributed by atoms with van der Waals surface area (Å²) in [5.41, 5.74) is -0.163. The van der Waals surface area contributed by atoms with E-state index in [1.807, 2.05) is 0 Å². The number of nitrogens with one attached hydrogen (secondary N) is 2. The van der Waals surface area contributed by atoms with Crippen molar-refractivity contribution in [2.24, 2.45) is 0 Å². The van der Waals surface area contributed by atoms with E-state index in [9.17, 15) is 22.8 Å². The maximum atomic E-state index is 13.2. The molecule has 0 atom stereocenters. The number of rotatable bonds is 4. The predicted molar refractivity (Wildman–Crippen MR) is 129 cm³/mol. The Morgan fingerprint density at radius 1 is 0.914 bits per heavy atom. The highest BCUT2D eigenvalue weighted by Gasteiger charge is 2.32. The molecule has 6 nitrogen and oxygen atoms in total. The molecule has 1 aromatic heterocycles. The minimum absolute atomic E-state index is 0.00858. The zero-order valence-corrected chi connectivity index (χ0v) is 20.1. The normalized spacial score (nSPS) is 11.7. The second kappa shape index (κ2) is 9.95. The molecule has 0 aliphatic carbocycles. The lowest BCUT2D eigenvalue weighted by atomic mass is 10.0. The number of alkyl halides is 3. The molecule has 2 N–H and O–H groups in total. The Morgan fingerprint density at radius 3 is 2.14 bits per heavy atom. The van der Waals surface area contributed by atoms with Gasteiger partial charge in [-0.2, -0.15) is 13.2 Å². The fourth-order valence-electron chi connectivity index (χ4n) is 3.18. The summed E-state index contributed by atoms with van der Waals surface area (Å²) >= 11 is 6.04. The summed E-state index contributed by atoms with van der Waals surface area (Å²) in [6.45, 7) is 6.58. The van der Waals surface area contributed by atoms with Gasteiger partial charge in [-0.1, -0.05) is 29.8 Å². The topological polar surface area (TPSA) is 80.3 Å². The summed E-state index contributed by atoms with van der Waals surface area (Å²) in [4.78, 5) is 29.2. The monoisotopic (exact) mass is 505 g/mol. The highest BCUT2D eigenvalue weighted by molar-refractivity contribution is 6.29. The van der Waals surface area contributed by atoms with Crippen molar-refractivity contribution in [3.05, 3.63) is 76.4 Å². The third-order valence-corrected chi connectivity index (χ3v) is 4.92. The molecule has 0 radical (unpaired) electrons. The number of ether oxygens (including phenoxy) is 1. The minimum atomic E-state index is -4.55. The van der Waals surface area contributed by atoms with E-state index in [2.05, 4.69) is 15.6 Å². The molecule has 3 rings (SSSR count). The third-order valence-electron chi connectivity index (χ3n) is 4.71. The van der Waals surface area contributed by atoms with Crippen molar-refractivity contribution in [2.45, 2.75) is 39.5 Å². The van der Waals surface area contributed by atoms with Crippen LogP contribution in [0.25, 0.3) is 11.3 Å². The number of carbonyl (C=O) groups is 2. The molecule has 0 aliphatic heterocycles. The van der Waals surface area contributed by atoms with Gasteiger partial charge in [-0.15, -0.1) is 0 Å². The van der Waals surface area contributed by atoms with Crippen molar-refractivity contribution in [2.75, 3.05) is 10.6 Å². The number of aromatic nitrogens is 1. The van der Waals surface area contributed by atoms with Crippen LogP contribution in [-0.4, -0.2) is 22.6 Å². The van der Waals surface area contributed by atoms with Gasteiger partial charge < -0.3 is 10.1 Å². The smallest absolute Gasteiger partial charge is 0.416 e. The summed E-state index contributed by atoms with van der Waals surface area (Å²) in [6.07, 6.45) is -5.17. The van der Waals surface area contributed by atoms with Crippen LogP contribution in [-0.2, 0) is 10.9 Å². The predicted octanol–water partition coefficient (Wildman–Crippen LogP) is 7.33. The number of anilines is 2. The van der Waals surface area contributed by atoms with Crippen LogP contribution in [0.1, 0.15) is 42.3 Å². The average Bonchev–Trinajstić information content (AvgIpc) is 2.73. The molecule has 0 aliphatic rings. The Morgan fingerprint density at radius 2 is 1.54 bits per heavy atom. The lowest BCUT2D eigenvalue weighted by molar-refractivity contribution is -0.138. The molecule has 0 spiro atoms. The van der Waals surface area contributed by atoms with E-state index in [1.165, 1.54) is 31.2 Å². The third kappa shape index (κ3) is 6.95. The number of benzene rings is 2. The Kier molecular flexibility index (Phi) is 7.40. The first-order valence-corrected chi connectivity index (χ1v) is 10.9. The van der Waals surface area contributed by atoms with E-state index < -0.39 is 29.3 Å².